The van der Waals surface area contributed by atoms with Crippen LogP contribution in [-0.2, 0) is 7.05 Å². The average Bonchev–Trinajstić information content (AvgIpc) is 2.75. The molecule has 1 aromatic heterocycles. The Morgan fingerprint density at radius 1 is 1.05 bits per heavy atom. The van der Waals surface area contributed by atoms with Crippen molar-refractivity contribution in [3.8, 4) is 0 Å². The Bertz CT molecular complexity index is 795. The molecule has 0 N–H and O–H groups in total. The van der Waals surface area contributed by atoms with Crippen LogP contribution < -0.4 is 0 Å². The summed E-state index contributed by atoms with van der Waals surface area (Å²) < 4.78 is 1.76. The molecule has 0 atom stereocenters. The first kappa shape index (κ1) is 12.6. The summed E-state index contributed by atoms with van der Waals surface area (Å²) in [6.07, 6.45) is 0. The zero-order chi connectivity index (χ0) is 14.3. The average molecular weight is 264 g/mol. The van der Waals surface area contributed by atoms with Gasteiger partial charge in [-0.1, -0.05) is 35.4 Å². The summed E-state index contributed by atoms with van der Waals surface area (Å²) in [5.41, 5.74) is 4.38. The van der Waals surface area contributed by atoms with Crippen LogP contribution >= 0.6 is 0 Å². The minimum absolute atomic E-state index is 0.0198. The van der Waals surface area contributed by atoms with Gasteiger partial charge < -0.3 is 0 Å². The standard InChI is InChI=1S/C17H16N2O/c1-11-8-12(2)10-13(9-11)17(20)16-14-6-4-5-7-15(14)19(3)18-16/h4-10H,1-3H3. The van der Waals surface area contributed by atoms with Crippen molar-refractivity contribution >= 4 is 16.7 Å². The number of fused-ring (bicyclic) bond motifs is 1. The second kappa shape index (κ2) is 4.60. The van der Waals surface area contributed by atoms with E-state index in [-0.39, 0.29) is 5.78 Å². The van der Waals surface area contributed by atoms with Crippen LogP contribution in [0.15, 0.2) is 42.5 Å². The SMILES string of the molecule is Cc1cc(C)cc(C(=O)c2nn(C)c3ccccc23)c1. The van der Waals surface area contributed by atoms with E-state index < -0.39 is 0 Å². The van der Waals surface area contributed by atoms with Crippen LogP contribution in [0.25, 0.3) is 10.9 Å². The molecule has 3 rings (SSSR count). The molecule has 3 heteroatoms. The maximum absolute atomic E-state index is 12.7. The topological polar surface area (TPSA) is 34.9 Å². The molecule has 0 unspecified atom stereocenters. The van der Waals surface area contributed by atoms with Crippen LogP contribution in [0.3, 0.4) is 0 Å². The van der Waals surface area contributed by atoms with Gasteiger partial charge in [0, 0.05) is 18.0 Å². The van der Waals surface area contributed by atoms with Gasteiger partial charge in [-0.05, 0) is 32.0 Å². The second-order valence-electron chi connectivity index (χ2n) is 5.19. The predicted molar refractivity (Wildman–Crippen MR) is 80.1 cm³/mol. The van der Waals surface area contributed by atoms with Gasteiger partial charge in [-0.15, -0.1) is 0 Å². The second-order valence-corrected chi connectivity index (χ2v) is 5.19. The summed E-state index contributed by atoms with van der Waals surface area (Å²) in [5, 5.41) is 5.29. The van der Waals surface area contributed by atoms with E-state index in [1.165, 1.54) is 0 Å². The van der Waals surface area contributed by atoms with E-state index in [1.807, 2.05) is 57.3 Å². The van der Waals surface area contributed by atoms with Gasteiger partial charge >= 0.3 is 0 Å². The van der Waals surface area contributed by atoms with Crippen molar-refractivity contribution in [2.24, 2.45) is 7.05 Å². The quantitative estimate of drug-likeness (QED) is 0.665. The lowest BCUT2D eigenvalue weighted by molar-refractivity contribution is 0.103. The molecule has 0 spiro atoms. The van der Waals surface area contributed by atoms with Gasteiger partial charge in [-0.25, -0.2) is 0 Å². The van der Waals surface area contributed by atoms with Gasteiger partial charge in [-0.2, -0.15) is 5.10 Å². The zero-order valence-electron chi connectivity index (χ0n) is 11.8. The molecular formula is C17H16N2O. The summed E-state index contributed by atoms with van der Waals surface area (Å²) in [6, 6.07) is 13.7. The van der Waals surface area contributed by atoms with Crippen LogP contribution in [0.2, 0.25) is 0 Å². The molecule has 20 heavy (non-hydrogen) atoms. The molecule has 0 saturated carbocycles. The van der Waals surface area contributed by atoms with Crippen molar-refractivity contribution in [2.75, 3.05) is 0 Å². The molecule has 2 aromatic carbocycles. The molecule has 3 aromatic rings. The lowest BCUT2D eigenvalue weighted by Crippen LogP contribution is -2.04. The third-order valence-corrected chi connectivity index (χ3v) is 3.46. The number of nitrogens with zero attached hydrogens (tertiary/aromatic N) is 2. The molecule has 0 aliphatic heterocycles. The number of carbonyl (C=O) groups is 1. The molecule has 0 radical (unpaired) electrons. The Labute approximate surface area is 117 Å². The fraction of sp³-hybridized carbons (Fsp3) is 0.176. The van der Waals surface area contributed by atoms with Gasteiger partial charge in [0.05, 0.1) is 5.52 Å². The van der Waals surface area contributed by atoms with Gasteiger partial charge in [0.2, 0.25) is 5.78 Å². The van der Waals surface area contributed by atoms with E-state index >= 15 is 0 Å². The molecule has 0 bridgehead atoms. The van der Waals surface area contributed by atoms with Crippen molar-refractivity contribution in [2.45, 2.75) is 13.8 Å². The predicted octanol–water partition coefficient (Wildman–Crippen LogP) is 3.42. The summed E-state index contributed by atoms with van der Waals surface area (Å²) >= 11 is 0. The van der Waals surface area contributed by atoms with E-state index in [0.717, 1.165) is 22.0 Å². The first-order valence-corrected chi connectivity index (χ1v) is 6.61. The normalized spacial score (nSPS) is 10.9. The van der Waals surface area contributed by atoms with Crippen molar-refractivity contribution in [3.05, 3.63) is 64.8 Å². The fourth-order valence-corrected chi connectivity index (χ4v) is 2.62. The number of aromatic nitrogens is 2. The number of ketones is 1. The van der Waals surface area contributed by atoms with E-state index in [4.69, 9.17) is 0 Å². The van der Waals surface area contributed by atoms with Gasteiger partial charge in [0.25, 0.3) is 0 Å². The first-order valence-electron chi connectivity index (χ1n) is 6.61. The van der Waals surface area contributed by atoms with Crippen molar-refractivity contribution in [3.63, 3.8) is 0 Å². The molecule has 100 valence electrons. The number of hydrogen-bond acceptors (Lipinski definition) is 2. The lowest BCUT2D eigenvalue weighted by atomic mass is 10.0. The van der Waals surface area contributed by atoms with Crippen LogP contribution in [0.4, 0.5) is 0 Å². The number of para-hydroxylation sites is 1. The summed E-state index contributed by atoms with van der Waals surface area (Å²) in [4.78, 5) is 12.7. The van der Waals surface area contributed by atoms with E-state index in [1.54, 1.807) is 4.68 Å². The Kier molecular flexibility index (Phi) is 2.90. The monoisotopic (exact) mass is 264 g/mol. The van der Waals surface area contributed by atoms with Crippen LogP contribution in [0.1, 0.15) is 27.2 Å². The first-order chi connectivity index (χ1) is 9.56. The Balaban J connectivity index is 2.18. The fourth-order valence-electron chi connectivity index (χ4n) is 2.62. The summed E-state index contributed by atoms with van der Waals surface area (Å²) in [6.45, 7) is 4.00. The van der Waals surface area contributed by atoms with Gasteiger partial charge in [0.1, 0.15) is 5.69 Å². The third-order valence-electron chi connectivity index (χ3n) is 3.46. The number of benzene rings is 2. The van der Waals surface area contributed by atoms with Crippen LogP contribution in [-0.4, -0.2) is 15.6 Å². The largest absolute Gasteiger partial charge is 0.287 e. The van der Waals surface area contributed by atoms with Gasteiger partial charge in [0.15, 0.2) is 0 Å². The number of rotatable bonds is 2. The Hall–Kier alpha value is -2.42. The van der Waals surface area contributed by atoms with E-state index in [9.17, 15) is 4.79 Å². The zero-order valence-corrected chi connectivity index (χ0v) is 11.8. The lowest BCUT2D eigenvalue weighted by Gasteiger charge is -2.02. The molecule has 0 amide bonds. The minimum atomic E-state index is -0.0198. The molecule has 0 aliphatic carbocycles. The number of carbonyl (C=O) groups excluding carboxylic acids is 1. The van der Waals surface area contributed by atoms with Gasteiger partial charge in [-0.3, -0.25) is 9.48 Å². The smallest absolute Gasteiger partial charge is 0.213 e. The highest BCUT2D eigenvalue weighted by atomic mass is 16.1. The number of aryl methyl sites for hydroxylation is 3. The van der Waals surface area contributed by atoms with Crippen molar-refractivity contribution in [1.29, 1.82) is 0 Å². The van der Waals surface area contributed by atoms with Crippen molar-refractivity contribution in [1.82, 2.24) is 9.78 Å². The highest BCUT2D eigenvalue weighted by Gasteiger charge is 2.17. The summed E-state index contributed by atoms with van der Waals surface area (Å²) in [5.74, 6) is -0.0198. The number of hydrogen-bond donors (Lipinski definition) is 0. The minimum Gasteiger partial charge on any atom is -0.287 e. The van der Waals surface area contributed by atoms with Crippen LogP contribution in [0, 0.1) is 13.8 Å². The molecule has 1 heterocycles. The van der Waals surface area contributed by atoms with E-state index in [2.05, 4.69) is 11.2 Å². The molecule has 0 fully saturated rings. The van der Waals surface area contributed by atoms with Crippen molar-refractivity contribution < 1.29 is 4.79 Å². The molecular weight excluding hydrogens is 248 g/mol. The summed E-state index contributed by atoms with van der Waals surface area (Å²) in [7, 11) is 1.86. The molecule has 3 nitrogen and oxygen atoms in total. The highest BCUT2D eigenvalue weighted by Crippen LogP contribution is 2.21. The maximum Gasteiger partial charge on any atom is 0.213 e. The maximum atomic E-state index is 12.7. The highest BCUT2D eigenvalue weighted by molar-refractivity contribution is 6.15. The Morgan fingerprint density at radius 3 is 2.40 bits per heavy atom. The Morgan fingerprint density at radius 2 is 1.70 bits per heavy atom. The molecule has 0 aliphatic rings. The molecule has 0 saturated heterocycles. The third kappa shape index (κ3) is 2.01. The van der Waals surface area contributed by atoms with Crippen LogP contribution in [0.5, 0.6) is 0 Å². The van der Waals surface area contributed by atoms with E-state index in [0.29, 0.717) is 11.3 Å².